The number of ether oxygens (including phenoxy) is 2. The number of para-hydroxylation sites is 2. The summed E-state index contributed by atoms with van der Waals surface area (Å²) >= 11 is 0. The van der Waals surface area contributed by atoms with Crippen LogP contribution in [-0.4, -0.2) is 23.5 Å². The van der Waals surface area contributed by atoms with Crippen LogP contribution in [0.25, 0.3) is 0 Å². The maximum absolute atomic E-state index is 11.8. The molecule has 150 valence electrons. The molecule has 0 saturated heterocycles. The molecule has 1 aromatic rings. The third kappa shape index (κ3) is 10.3. The molecule has 1 rings (SSSR count). The molecule has 0 unspecified atom stereocenters. The van der Waals surface area contributed by atoms with E-state index in [9.17, 15) is 19.7 Å². The third-order valence-electron chi connectivity index (χ3n) is 4.06. The van der Waals surface area contributed by atoms with Crippen LogP contribution in [0.2, 0.25) is 0 Å². The van der Waals surface area contributed by atoms with E-state index in [0.29, 0.717) is 19.4 Å². The normalized spacial score (nSPS) is 10.4. The van der Waals surface area contributed by atoms with Crippen LogP contribution >= 0.6 is 0 Å². The highest BCUT2D eigenvalue weighted by atomic mass is 16.6. The van der Waals surface area contributed by atoms with Crippen LogP contribution in [0.3, 0.4) is 0 Å². The quantitative estimate of drug-likeness (QED) is 0.149. The lowest BCUT2D eigenvalue weighted by Gasteiger charge is -2.05. The number of nitrogens with zero attached hydrogens (tertiary/aromatic N) is 1. The van der Waals surface area contributed by atoms with Gasteiger partial charge in [0.05, 0.1) is 11.5 Å². The second-order valence-corrected chi connectivity index (χ2v) is 6.39. The number of carbonyl (C=O) groups excluding carboxylic acids is 2. The van der Waals surface area contributed by atoms with Gasteiger partial charge in [0.1, 0.15) is 0 Å². The minimum absolute atomic E-state index is 0.0154. The maximum atomic E-state index is 11.8. The monoisotopic (exact) mass is 379 g/mol. The van der Waals surface area contributed by atoms with Gasteiger partial charge in [-0.15, -0.1) is 0 Å². The molecule has 1 aromatic carbocycles. The first-order valence-corrected chi connectivity index (χ1v) is 9.64. The molecule has 0 heterocycles. The Morgan fingerprint density at radius 1 is 0.926 bits per heavy atom. The minimum atomic E-state index is -0.567. The van der Waals surface area contributed by atoms with Crippen LogP contribution in [0.5, 0.6) is 5.75 Å². The Hall–Kier alpha value is -2.44. The third-order valence-corrected chi connectivity index (χ3v) is 4.06. The van der Waals surface area contributed by atoms with Crippen LogP contribution in [0.15, 0.2) is 24.3 Å². The van der Waals surface area contributed by atoms with Crippen LogP contribution in [0.4, 0.5) is 5.69 Å². The molecule has 0 atom stereocenters. The number of esters is 2. The molecule has 0 amide bonds. The van der Waals surface area contributed by atoms with Crippen molar-refractivity contribution in [2.75, 3.05) is 6.61 Å². The second kappa shape index (κ2) is 13.7. The van der Waals surface area contributed by atoms with Gasteiger partial charge < -0.3 is 9.47 Å². The summed E-state index contributed by atoms with van der Waals surface area (Å²) in [6, 6.07) is 5.85. The average Bonchev–Trinajstić information content (AvgIpc) is 2.64. The van der Waals surface area contributed by atoms with E-state index in [1.807, 2.05) is 0 Å². The lowest BCUT2D eigenvalue weighted by Crippen LogP contribution is -2.08. The second-order valence-electron chi connectivity index (χ2n) is 6.39. The van der Waals surface area contributed by atoms with E-state index >= 15 is 0 Å². The van der Waals surface area contributed by atoms with Crippen molar-refractivity contribution in [3.8, 4) is 5.75 Å². The largest absolute Gasteiger partial charge is 0.466 e. The molecule has 0 saturated carbocycles. The van der Waals surface area contributed by atoms with Crippen molar-refractivity contribution >= 4 is 17.6 Å². The Labute approximate surface area is 160 Å². The standard InChI is InChI=1S/C20H29NO6/c1-2-3-16-26-19(22)14-8-6-4-5-7-9-15-20(23)27-18-13-11-10-12-17(18)21(24)25/h10-13H,2-9,14-16H2,1H3. The summed E-state index contributed by atoms with van der Waals surface area (Å²) < 4.78 is 10.2. The molecule has 0 bridgehead atoms. The van der Waals surface area contributed by atoms with Gasteiger partial charge in [0, 0.05) is 18.9 Å². The van der Waals surface area contributed by atoms with Gasteiger partial charge in [-0.05, 0) is 25.3 Å². The molecule has 7 heteroatoms. The summed E-state index contributed by atoms with van der Waals surface area (Å²) in [5.74, 6) is -0.598. The van der Waals surface area contributed by atoms with E-state index in [1.165, 1.54) is 18.2 Å². The molecule has 0 aliphatic heterocycles. The van der Waals surface area contributed by atoms with E-state index in [4.69, 9.17) is 9.47 Å². The highest BCUT2D eigenvalue weighted by molar-refractivity contribution is 5.73. The maximum Gasteiger partial charge on any atom is 0.311 e. The zero-order valence-electron chi connectivity index (χ0n) is 16.0. The molecule has 0 spiro atoms. The summed E-state index contributed by atoms with van der Waals surface area (Å²) in [5.41, 5.74) is -0.209. The first-order valence-electron chi connectivity index (χ1n) is 9.64. The molecule has 0 aliphatic rings. The average molecular weight is 379 g/mol. The number of nitro benzene ring substituents is 1. The molecule has 27 heavy (non-hydrogen) atoms. The number of rotatable bonds is 14. The van der Waals surface area contributed by atoms with Crippen molar-refractivity contribution in [3.05, 3.63) is 34.4 Å². The molecule has 0 radical (unpaired) electrons. The van der Waals surface area contributed by atoms with Gasteiger partial charge in [-0.25, -0.2) is 0 Å². The summed E-state index contributed by atoms with van der Waals surface area (Å²) in [6.45, 7) is 2.57. The van der Waals surface area contributed by atoms with Crippen molar-refractivity contribution < 1.29 is 24.0 Å². The Balaban J connectivity index is 2.06. The predicted molar refractivity (Wildman–Crippen MR) is 102 cm³/mol. The van der Waals surface area contributed by atoms with Crippen molar-refractivity contribution in [2.45, 2.75) is 71.1 Å². The number of carbonyl (C=O) groups is 2. The van der Waals surface area contributed by atoms with Gasteiger partial charge in [-0.1, -0.05) is 51.2 Å². The zero-order chi connectivity index (χ0) is 19.9. The molecule has 7 nitrogen and oxygen atoms in total. The SMILES string of the molecule is CCCCOC(=O)CCCCCCCCC(=O)Oc1ccccc1[N+](=O)[O-]. The van der Waals surface area contributed by atoms with Crippen LogP contribution in [-0.2, 0) is 14.3 Å². The van der Waals surface area contributed by atoms with Crippen molar-refractivity contribution in [2.24, 2.45) is 0 Å². The van der Waals surface area contributed by atoms with Gasteiger partial charge in [0.25, 0.3) is 0 Å². The van der Waals surface area contributed by atoms with Gasteiger partial charge in [-0.2, -0.15) is 0 Å². The summed E-state index contributed by atoms with van der Waals surface area (Å²) in [5, 5.41) is 10.9. The van der Waals surface area contributed by atoms with Crippen LogP contribution < -0.4 is 4.74 Å². The van der Waals surface area contributed by atoms with Crippen LogP contribution in [0.1, 0.15) is 71.1 Å². The Morgan fingerprint density at radius 3 is 2.15 bits per heavy atom. The van der Waals surface area contributed by atoms with E-state index < -0.39 is 10.9 Å². The molecule has 0 aromatic heterocycles. The smallest absolute Gasteiger partial charge is 0.311 e. The highest BCUT2D eigenvalue weighted by Gasteiger charge is 2.16. The first kappa shape index (κ1) is 22.6. The van der Waals surface area contributed by atoms with Gasteiger partial charge >= 0.3 is 17.6 Å². The Morgan fingerprint density at radius 2 is 1.52 bits per heavy atom. The number of hydrogen-bond acceptors (Lipinski definition) is 6. The summed E-state index contributed by atoms with van der Waals surface area (Å²) in [6.07, 6.45) is 7.95. The predicted octanol–water partition coefficient (Wildman–Crippen LogP) is 4.96. The highest BCUT2D eigenvalue weighted by Crippen LogP contribution is 2.26. The van der Waals surface area contributed by atoms with Gasteiger partial charge in [-0.3, -0.25) is 19.7 Å². The van der Waals surface area contributed by atoms with Crippen molar-refractivity contribution in [1.29, 1.82) is 0 Å². The zero-order valence-corrected chi connectivity index (χ0v) is 16.0. The fourth-order valence-electron chi connectivity index (χ4n) is 2.52. The molecule has 0 fully saturated rings. The van der Waals surface area contributed by atoms with Crippen LogP contribution in [0, 0.1) is 10.1 Å². The van der Waals surface area contributed by atoms with Crippen molar-refractivity contribution in [3.63, 3.8) is 0 Å². The summed E-state index contributed by atoms with van der Waals surface area (Å²) in [4.78, 5) is 33.6. The van der Waals surface area contributed by atoms with Crippen molar-refractivity contribution in [1.82, 2.24) is 0 Å². The molecular weight excluding hydrogens is 350 g/mol. The summed E-state index contributed by atoms with van der Waals surface area (Å²) in [7, 11) is 0. The topological polar surface area (TPSA) is 95.7 Å². The molecular formula is C20H29NO6. The molecule has 0 aliphatic carbocycles. The first-order chi connectivity index (χ1) is 13.0. The Kier molecular flexibility index (Phi) is 11.5. The fraction of sp³-hybridized carbons (Fsp3) is 0.600. The number of hydrogen-bond donors (Lipinski definition) is 0. The fourth-order valence-corrected chi connectivity index (χ4v) is 2.52. The Bertz CT molecular complexity index is 602. The minimum Gasteiger partial charge on any atom is -0.466 e. The number of benzene rings is 1. The van der Waals surface area contributed by atoms with E-state index in [-0.39, 0.29) is 23.8 Å². The van der Waals surface area contributed by atoms with E-state index in [2.05, 4.69) is 6.92 Å². The number of unbranched alkanes of at least 4 members (excludes halogenated alkanes) is 6. The van der Waals surface area contributed by atoms with E-state index in [0.717, 1.165) is 44.9 Å². The van der Waals surface area contributed by atoms with E-state index in [1.54, 1.807) is 6.07 Å². The lowest BCUT2D eigenvalue weighted by molar-refractivity contribution is -0.385. The van der Waals surface area contributed by atoms with Gasteiger partial charge in [0.2, 0.25) is 5.75 Å². The molecule has 0 N–H and O–H groups in total. The number of nitro groups is 1. The van der Waals surface area contributed by atoms with Gasteiger partial charge in [0.15, 0.2) is 0 Å². The lowest BCUT2D eigenvalue weighted by atomic mass is 10.1.